The number of imidazole rings is 1. The number of benzene rings is 1. The van der Waals surface area contributed by atoms with Gasteiger partial charge in [0.2, 0.25) is 0 Å². The van der Waals surface area contributed by atoms with Crippen LogP contribution < -0.4 is 5.32 Å². The monoisotopic (exact) mass is 272 g/mol. The fraction of sp³-hybridized carbons (Fsp3) is 0.0769. The topological polar surface area (TPSA) is 53.1 Å². The highest BCUT2D eigenvalue weighted by molar-refractivity contribution is 7.15. The van der Waals surface area contributed by atoms with E-state index in [1.54, 1.807) is 23.5 Å². The van der Waals surface area contributed by atoms with E-state index in [9.17, 15) is 4.39 Å². The van der Waals surface area contributed by atoms with Crippen molar-refractivity contribution in [1.29, 1.82) is 5.26 Å². The molecule has 3 aromatic rings. The van der Waals surface area contributed by atoms with E-state index in [1.165, 1.54) is 6.07 Å². The van der Waals surface area contributed by atoms with E-state index in [2.05, 4.69) is 10.3 Å². The average Bonchev–Trinajstić information content (AvgIpc) is 2.97. The number of fused-ring (bicyclic) bond motifs is 1. The summed E-state index contributed by atoms with van der Waals surface area (Å²) in [5.41, 5.74) is 1.36. The molecule has 0 atom stereocenters. The second kappa shape index (κ2) is 4.71. The van der Waals surface area contributed by atoms with E-state index in [0.29, 0.717) is 12.2 Å². The molecule has 0 radical (unpaired) electrons. The molecule has 94 valence electrons. The molecular formula is C13H9FN4S. The van der Waals surface area contributed by atoms with Crippen molar-refractivity contribution in [2.24, 2.45) is 0 Å². The first-order valence-corrected chi connectivity index (χ1v) is 6.49. The Labute approximate surface area is 112 Å². The number of anilines is 1. The van der Waals surface area contributed by atoms with Crippen molar-refractivity contribution in [3.05, 3.63) is 53.0 Å². The van der Waals surface area contributed by atoms with Crippen LogP contribution in [0.3, 0.4) is 0 Å². The fourth-order valence-corrected chi connectivity index (χ4v) is 2.55. The van der Waals surface area contributed by atoms with Crippen molar-refractivity contribution in [1.82, 2.24) is 9.38 Å². The number of nitrogens with zero attached hydrogens (tertiary/aromatic N) is 3. The quantitative estimate of drug-likeness (QED) is 0.797. The van der Waals surface area contributed by atoms with Crippen molar-refractivity contribution in [3.63, 3.8) is 0 Å². The van der Waals surface area contributed by atoms with Gasteiger partial charge in [-0.3, -0.25) is 4.40 Å². The standard InChI is InChI=1S/C13H9FN4S/c14-11-2-1-3-12(10(11)6-15)16-7-9-8-18-4-5-19-13(18)17-9/h1-5,8,16H,7H2. The summed E-state index contributed by atoms with van der Waals surface area (Å²) < 4.78 is 15.3. The van der Waals surface area contributed by atoms with Gasteiger partial charge in [-0.2, -0.15) is 5.26 Å². The number of rotatable bonds is 3. The lowest BCUT2D eigenvalue weighted by molar-refractivity contribution is 0.624. The van der Waals surface area contributed by atoms with Crippen LogP contribution in [0.2, 0.25) is 0 Å². The molecule has 0 unspecified atom stereocenters. The molecule has 0 aliphatic rings. The number of nitrogens with one attached hydrogen (secondary N) is 1. The molecule has 0 bridgehead atoms. The van der Waals surface area contributed by atoms with Crippen LogP contribution in [-0.2, 0) is 6.54 Å². The van der Waals surface area contributed by atoms with Gasteiger partial charge < -0.3 is 5.32 Å². The largest absolute Gasteiger partial charge is 0.378 e. The van der Waals surface area contributed by atoms with Crippen LogP contribution in [0.1, 0.15) is 11.3 Å². The van der Waals surface area contributed by atoms with Crippen LogP contribution in [0.4, 0.5) is 10.1 Å². The van der Waals surface area contributed by atoms with Crippen LogP contribution >= 0.6 is 11.3 Å². The smallest absolute Gasteiger partial charge is 0.193 e. The summed E-state index contributed by atoms with van der Waals surface area (Å²) in [6, 6.07) is 6.39. The molecule has 19 heavy (non-hydrogen) atoms. The highest BCUT2D eigenvalue weighted by Gasteiger charge is 2.08. The maximum absolute atomic E-state index is 13.4. The summed E-state index contributed by atoms with van der Waals surface area (Å²) >= 11 is 1.55. The maximum Gasteiger partial charge on any atom is 0.193 e. The van der Waals surface area contributed by atoms with Gasteiger partial charge in [0.05, 0.1) is 17.9 Å². The lowest BCUT2D eigenvalue weighted by Gasteiger charge is -2.06. The molecule has 3 rings (SSSR count). The van der Waals surface area contributed by atoms with Crippen LogP contribution in [-0.4, -0.2) is 9.38 Å². The Balaban J connectivity index is 1.81. The number of hydrogen-bond acceptors (Lipinski definition) is 4. The second-order valence-electron chi connectivity index (χ2n) is 3.95. The summed E-state index contributed by atoms with van der Waals surface area (Å²) in [5.74, 6) is -0.515. The summed E-state index contributed by atoms with van der Waals surface area (Å²) in [5, 5.41) is 13.9. The Morgan fingerprint density at radius 3 is 3.16 bits per heavy atom. The molecule has 0 aliphatic heterocycles. The van der Waals surface area contributed by atoms with E-state index in [1.807, 2.05) is 28.2 Å². The van der Waals surface area contributed by atoms with E-state index >= 15 is 0 Å². The minimum Gasteiger partial charge on any atom is -0.378 e. The summed E-state index contributed by atoms with van der Waals surface area (Å²) in [6.07, 6.45) is 3.84. The molecule has 2 heterocycles. The molecule has 0 aliphatic carbocycles. The molecule has 0 saturated heterocycles. The Morgan fingerprint density at radius 2 is 2.37 bits per heavy atom. The number of hydrogen-bond donors (Lipinski definition) is 1. The summed E-state index contributed by atoms with van der Waals surface area (Å²) in [6.45, 7) is 0.451. The number of aromatic nitrogens is 2. The lowest BCUT2D eigenvalue weighted by atomic mass is 10.2. The van der Waals surface area contributed by atoms with Crippen LogP contribution in [0.15, 0.2) is 36.0 Å². The highest BCUT2D eigenvalue weighted by Crippen LogP contribution is 2.19. The number of halogens is 1. The molecule has 0 spiro atoms. The Hall–Kier alpha value is -2.39. The predicted octanol–water partition coefficient (Wildman–Crippen LogP) is 3.02. The van der Waals surface area contributed by atoms with Crippen molar-refractivity contribution in [3.8, 4) is 6.07 Å². The zero-order valence-electron chi connectivity index (χ0n) is 9.80. The molecule has 6 heteroatoms. The van der Waals surface area contributed by atoms with Crippen LogP contribution in [0, 0.1) is 17.1 Å². The Bertz CT molecular complexity index is 740. The number of nitriles is 1. The van der Waals surface area contributed by atoms with Gasteiger partial charge in [0, 0.05) is 17.8 Å². The normalized spacial score (nSPS) is 10.5. The lowest BCUT2D eigenvalue weighted by Crippen LogP contribution is -2.02. The van der Waals surface area contributed by atoms with Gasteiger partial charge >= 0.3 is 0 Å². The summed E-state index contributed by atoms with van der Waals surface area (Å²) in [7, 11) is 0. The zero-order chi connectivity index (χ0) is 13.2. The SMILES string of the molecule is N#Cc1c(F)cccc1NCc1cn2ccsc2n1. The van der Waals surface area contributed by atoms with Gasteiger partial charge in [0.1, 0.15) is 17.4 Å². The molecule has 1 N–H and O–H groups in total. The van der Waals surface area contributed by atoms with E-state index in [0.717, 1.165) is 10.7 Å². The van der Waals surface area contributed by atoms with Gasteiger partial charge in [-0.15, -0.1) is 11.3 Å². The van der Waals surface area contributed by atoms with Crippen molar-refractivity contribution in [2.75, 3.05) is 5.32 Å². The first kappa shape index (κ1) is 11.7. The number of thiazole rings is 1. The van der Waals surface area contributed by atoms with E-state index in [4.69, 9.17) is 5.26 Å². The molecular weight excluding hydrogens is 263 g/mol. The Kier molecular flexibility index (Phi) is 2.89. The first-order valence-electron chi connectivity index (χ1n) is 5.61. The molecule has 1 aromatic carbocycles. The predicted molar refractivity (Wildman–Crippen MR) is 71.5 cm³/mol. The molecule has 2 aromatic heterocycles. The zero-order valence-corrected chi connectivity index (χ0v) is 10.6. The van der Waals surface area contributed by atoms with Gasteiger partial charge in [-0.05, 0) is 12.1 Å². The maximum atomic E-state index is 13.4. The van der Waals surface area contributed by atoms with Crippen LogP contribution in [0.5, 0.6) is 0 Å². The molecule has 0 fully saturated rings. The third-order valence-electron chi connectivity index (χ3n) is 2.73. The van der Waals surface area contributed by atoms with Gasteiger partial charge in [-0.1, -0.05) is 6.07 Å². The van der Waals surface area contributed by atoms with E-state index in [-0.39, 0.29) is 5.56 Å². The van der Waals surface area contributed by atoms with Crippen molar-refractivity contribution in [2.45, 2.75) is 6.54 Å². The first-order chi connectivity index (χ1) is 9.28. The van der Waals surface area contributed by atoms with Gasteiger partial charge in [0.25, 0.3) is 0 Å². The van der Waals surface area contributed by atoms with Gasteiger partial charge in [0.15, 0.2) is 4.96 Å². The third kappa shape index (κ3) is 2.16. The molecule has 0 amide bonds. The minimum atomic E-state index is -0.515. The van der Waals surface area contributed by atoms with Crippen molar-refractivity contribution >= 4 is 22.0 Å². The average molecular weight is 272 g/mol. The highest BCUT2D eigenvalue weighted by atomic mass is 32.1. The van der Waals surface area contributed by atoms with Gasteiger partial charge in [-0.25, -0.2) is 9.37 Å². The molecule has 4 nitrogen and oxygen atoms in total. The third-order valence-corrected chi connectivity index (χ3v) is 3.50. The minimum absolute atomic E-state index is 0.0310. The fourth-order valence-electron chi connectivity index (χ4n) is 1.83. The van der Waals surface area contributed by atoms with E-state index < -0.39 is 5.82 Å². The second-order valence-corrected chi connectivity index (χ2v) is 4.83. The summed E-state index contributed by atoms with van der Waals surface area (Å²) in [4.78, 5) is 5.32. The van der Waals surface area contributed by atoms with Crippen LogP contribution in [0.25, 0.3) is 4.96 Å². The van der Waals surface area contributed by atoms with Crippen molar-refractivity contribution < 1.29 is 4.39 Å². The Morgan fingerprint density at radius 1 is 1.47 bits per heavy atom. The molecule has 0 saturated carbocycles.